The molecule has 0 atom stereocenters. The van der Waals surface area contributed by atoms with Gasteiger partial charge in [-0.1, -0.05) is 0 Å². The van der Waals surface area contributed by atoms with E-state index >= 15 is 0 Å². The molecule has 32 heavy (non-hydrogen) atoms. The van der Waals surface area contributed by atoms with Crippen molar-refractivity contribution in [3.05, 3.63) is 0 Å². The normalized spacial score (nSPS) is 17.1. The van der Waals surface area contributed by atoms with Gasteiger partial charge in [-0.15, -0.1) is 0 Å². The molecule has 0 aliphatic heterocycles. The molecule has 0 rings (SSSR count). The minimum atomic E-state index is -9.59. The summed E-state index contributed by atoms with van der Waals surface area (Å²) in [7, 11) is 0. The smallest absolute Gasteiger partial charge is 0.198 e. The van der Waals surface area contributed by atoms with Crippen molar-refractivity contribution < 1.29 is 96.6 Å². The molecule has 194 valence electrons. The molecule has 0 amide bonds. The van der Waals surface area contributed by atoms with Crippen LogP contribution in [0.2, 0.25) is 0 Å². The molecule has 0 heterocycles. The standard InChI is InChI=1S/C10F22/c11-2(12,1(7(21,22)23,8(24,25)26)9(27,28)29)3(13,14)4(15,16)5(17,18)6(19,20)10(30,31)32. The first kappa shape index (κ1) is 30.5. The van der Waals surface area contributed by atoms with Gasteiger partial charge in [-0.25, -0.2) is 0 Å². The number of hydrogen-bond donors (Lipinski definition) is 0. The zero-order valence-electron chi connectivity index (χ0n) is 13.3. The second-order valence-electron chi connectivity index (χ2n) is 5.61. The summed E-state index contributed by atoms with van der Waals surface area (Å²) in [4.78, 5) is 0. The van der Waals surface area contributed by atoms with Crippen LogP contribution in [0.1, 0.15) is 0 Å². The number of alkyl halides is 22. The van der Waals surface area contributed by atoms with Crippen molar-refractivity contribution in [1.29, 1.82) is 0 Å². The Bertz CT molecular complexity index is 641. The molecule has 0 saturated carbocycles. The molecule has 0 radical (unpaired) electrons. The second-order valence-corrected chi connectivity index (χ2v) is 5.61. The first-order valence-electron chi connectivity index (χ1n) is 6.41. The van der Waals surface area contributed by atoms with Gasteiger partial charge in [0.15, 0.2) is 0 Å². The molecular formula is C10F22. The fourth-order valence-corrected chi connectivity index (χ4v) is 2.02. The summed E-state index contributed by atoms with van der Waals surface area (Å²) < 4.78 is 278. The summed E-state index contributed by atoms with van der Waals surface area (Å²) in [5, 5.41) is 0. The van der Waals surface area contributed by atoms with E-state index in [0.717, 1.165) is 0 Å². The molecule has 0 aromatic heterocycles. The molecule has 0 N–H and O–H groups in total. The van der Waals surface area contributed by atoms with Gasteiger partial charge in [-0.3, -0.25) is 0 Å². The summed E-state index contributed by atoms with van der Waals surface area (Å²) in [5.74, 6) is -46.0. The Hall–Kier alpha value is -1.54. The van der Waals surface area contributed by atoms with Crippen molar-refractivity contribution in [3.63, 3.8) is 0 Å². The predicted molar refractivity (Wildman–Crippen MR) is 51.4 cm³/mol. The van der Waals surface area contributed by atoms with Gasteiger partial charge in [-0.2, -0.15) is 96.6 Å². The lowest BCUT2D eigenvalue weighted by molar-refractivity contribution is -0.519. The SMILES string of the molecule is FC(F)(F)C(F)(F)C(F)(F)C(F)(F)C(F)(F)C(F)(F)C(C(F)(F)F)(C(F)(F)F)C(F)(F)F. The molecular weight excluding hydrogens is 538 g/mol. The Balaban J connectivity index is 7.57. The summed E-state index contributed by atoms with van der Waals surface area (Å²) in [6.07, 6.45) is -34.6. The molecule has 0 saturated heterocycles. The molecule has 0 aromatic rings. The highest BCUT2D eigenvalue weighted by atomic mass is 19.4. The Morgan fingerprint density at radius 1 is 0.188 bits per heavy atom. The molecule has 0 aliphatic carbocycles. The molecule has 0 nitrogen and oxygen atoms in total. The van der Waals surface area contributed by atoms with Crippen molar-refractivity contribution in [2.45, 2.75) is 54.3 Å². The fourth-order valence-electron chi connectivity index (χ4n) is 2.02. The van der Waals surface area contributed by atoms with Crippen LogP contribution in [0.15, 0.2) is 0 Å². The Labute approximate surface area is 158 Å². The van der Waals surface area contributed by atoms with Crippen molar-refractivity contribution in [1.82, 2.24) is 0 Å². The first-order valence-corrected chi connectivity index (χ1v) is 6.41. The molecule has 0 aromatic carbocycles. The van der Waals surface area contributed by atoms with Crippen LogP contribution in [0.4, 0.5) is 96.6 Å². The van der Waals surface area contributed by atoms with Crippen molar-refractivity contribution in [2.75, 3.05) is 0 Å². The lowest BCUT2D eigenvalue weighted by Crippen LogP contribution is -2.79. The van der Waals surface area contributed by atoms with Crippen LogP contribution in [0.5, 0.6) is 0 Å². The predicted octanol–water partition coefficient (Wildman–Crippen LogP) is 7.40. The highest BCUT2D eigenvalue weighted by Crippen LogP contribution is 2.72. The minimum absolute atomic E-state index is 8.10. The van der Waals surface area contributed by atoms with Crippen molar-refractivity contribution >= 4 is 0 Å². The third-order valence-electron chi connectivity index (χ3n) is 3.68. The van der Waals surface area contributed by atoms with Crippen molar-refractivity contribution in [3.8, 4) is 0 Å². The van der Waals surface area contributed by atoms with Gasteiger partial charge in [0.25, 0.3) is 0 Å². The third-order valence-corrected chi connectivity index (χ3v) is 3.68. The quantitative estimate of drug-likeness (QED) is 0.321. The van der Waals surface area contributed by atoms with Gasteiger partial charge in [0.05, 0.1) is 0 Å². The minimum Gasteiger partial charge on any atom is -0.198 e. The van der Waals surface area contributed by atoms with Gasteiger partial charge >= 0.3 is 59.7 Å². The maximum Gasteiger partial charge on any atom is 0.460 e. The number of hydrogen-bond acceptors (Lipinski definition) is 0. The van der Waals surface area contributed by atoms with Crippen molar-refractivity contribution in [2.24, 2.45) is 5.41 Å². The summed E-state index contributed by atoms with van der Waals surface area (Å²) in [6, 6.07) is 0. The van der Waals surface area contributed by atoms with Crippen LogP contribution < -0.4 is 0 Å². The molecule has 0 bridgehead atoms. The van der Waals surface area contributed by atoms with Gasteiger partial charge in [0, 0.05) is 0 Å². The zero-order valence-corrected chi connectivity index (χ0v) is 13.3. The number of rotatable bonds is 5. The maximum absolute atomic E-state index is 13.5. The lowest BCUT2D eigenvalue weighted by atomic mass is 9.73. The van der Waals surface area contributed by atoms with E-state index in [4.69, 9.17) is 0 Å². The van der Waals surface area contributed by atoms with Crippen LogP contribution in [0.25, 0.3) is 0 Å². The Morgan fingerprint density at radius 3 is 0.562 bits per heavy atom. The van der Waals surface area contributed by atoms with Gasteiger partial charge in [0.1, 0.15) is 0 Å². The van der Waals surface area contributed by atoms with E-state index in [2.05, 4.69) is 0 Å². The number of halogens is 22. The lowest BCUT2D eigenvalue weighted by Gasteiger charge is -2.48. The topological polar surface area (TPSA) is 0 Å². The van der Waals surface area contributed by atoms with E-state index in [1.165, 1.54) is 0 Å². The van der Waals surface area contributed by atoms with E-state index in [0.29, 0.717) is 0 Å². The summed E-state index contributed by atoms with van der Waals surface area (Å²) in [5.41, 5.74) is -9.35. The largest absolute Gasteiger partial charge is 0.460 e. The molecule has 22 heteroatoms. The van der Waals surface area contributed by atoms with Gasteiger partial charge in [0.2, 0.25) is 0 Å². The van der Waals surface area contributed by atoms with Crippen LogP contribution in [-0.4, -0.2) is 54.3 Å². The second kappa shape index (κ2) is 6.98. The summed E-state index contributed by atoms with van der Waals surface area (Å²) in [6.45, 7) is 0. The van der Waals surface area contributed by atoms with Crippen LogP contribution in [-0.2, 0) is 0 Å². The monoisotopic (exact) mass is 538 g/mol. The zero-order chi connectivity index (χ0) is 27.0. The maximum atomic E-state index is 13.5. The Morgan fingerprint density at radius 2 is 0.375 bits per heavy atom. The van der Waals surface area contributed by atoms with E-state index in [9.17, 15) is 96.6 Å². The van der Waals surface area contributed by atoms with Gasteiger partial charge < -0.3 is 0 Å². The first-order chi connectivity index (χ1) is 13.2. The van der Waals surface area contributed by atoms with Crippen LogP contribution in [0, 0.1) is 5.41 Å². The molecule has 0 aliphatic rings. The Kier molecular flexibility index (Phi) is 6.65. The van der Waals surface area contributed by atoms with Crippen LogP contribution in [0.3, 0.4) is 0 Å². The van der Waals surface area contributed by atoms with E-state index in [-0.39, 0.29) is 0 Å². The third kappa shape index (κ3) is 3.40. The summed E-state index contributed by atoms with van der Waals surface area (Å²) >= 11 is 0. The molecule has 0 spiro atoms. The highest BCUT2D eigenvalue weighted by Gasteiger charge is 3.02. The van der Waals surface area contributed by atoms with Gasteiger partial charge in [-0.05, 0) is 0 Å². The van der Waals surface area contributed by atoms with E-state index in [1.54, 1.807) is 0 Å². The molecule has 0 fully saturated rings. The van der Waals surface area contributed by atoms with Crippen LogP contribution >= 0.6 is 0 Å². The van der Waals surface area contributed by atoms with E-state index < -0.39 is 59.7 Å². The fraction of sp³-hybridized carbons (Fsp3) is 1.00. The average molecular weight is 538 g/mol. The highest BCUT2D eigenvalue weighted by molar-refractivity contribution is 5.19. The average Bonchev–Trinajstić information content (AvgIpc) is 2.39. The molecule has 0 unspecified atom stereocenters. The van der Waals surface area contributed by atoms with E-state index in [1.807, 2.05) is 0 Å².